The third-order valence-corrected chi connectivity index (χ3v) is 2.99. The van der Waals surface area contributed by atoms with Gasteiger partial charge in [0.05, 0.1) is 19.2 Å². The van der Waals surface area contributed by atoms with E-state index in [2.05, 4.69) is 4.74 Å². The second-order valence-electron chi connectivity index (χ2n) is 4.23. The van der Waals surface area contributed by atoms with Gasteiger partial charge in [-0.3, -0.25) is 9.59 Å². The first kappa shape index (κ1) is 13.2. The number of hydrogen-bond acceptors (Lipinski definition) is 4. The number of carbonyl (C=O) groups excluding carboxylic acids is 3. The number of hydrogen-bond donors (Lipinski definition) is 1. The zero-order valence-electron chi connectivity index (χ0n) is 10.5. The summed E-state index contributed by atoms with van der Waals surface area (Å²) in [6.07, 6.45) is 0.102. The number of rotatable bonds is 4. The molecule has 1 atom stereocenters. The largest absolute Gasteiger partial charge is 0.465 e. The highest BCUT2D eigenvalue weighted by Crippen LogP contribution is 2.20. The third kappa shape index (κ3) is 2.79. The number of carbonyl (C=O) groups is 3. The highest BCUT2D eigenvalue weighted by atomic mass is 16.5. The van der Waals surface area contributed by atoms with Crippen molar-refractivity contribution < 1.29 is 24.4 Å². The number of benzene rings is 1. The smallest absolute Gasteiger partial charge is 0.361 e. The van der Waals surface area contributed by atoms with Crippen molar-refractivity contribution in [1.29, 1.82) is 0 Å². The van der Waals surface area contributed by atoms with Gasteiger partial charge in [0, 0.05) is 0 Å². The summed E-state index contributed by atoms with van der Waals surface area (Å²) in [5, 5.41) is 1.54. The quantitative estimate of drug-likeness (QED) is 0.561. The summed E-state index contributed by atoms with van der Waals surface area (Å²) in [7, 11) is 1.29. The lowest BCUT2D eigenvalue weighted by molar-refractivity contribution is -0.665. The number of methoxy groups -OCH3 is 1. The molecule has 0 bridgehead atoms. The van der Waals surface area contributed by atoms with E-state index in [-0.39, 0.29) is 24.8 Å². The molecule has 100 valence electrons. The zero-order chi connectivity index (χ0) is 13.8. The summed E-state index contributed by atoms with van der Waals surface area (Å²) in [4.78, 5) is 36.2. The Labute approximate surface area is 110 Å². The first-order valence-corrected chi connectivity index (χ1v) is 5.95. The number of amides is 2. The van der Waals surface area contributed by atoms with Crippen LogP contribution in [0.1, 0.15) is 6.42 Å². The summed E-state index contributed by atoms with van der Waals surface area (Å²) in [6, 6.07) is 8.21. The molecule has 1 aliphatic heterocycles. The second-order valence-corrected chi connectivity index (χ2v) is 4.23. The molecule has 1 aliphatic rings. The number of anilines is 1. The number of esters is 1. The van der Waals surface area contributed by atoms with Crippen LogP contribution in [0.3, 0.4) is 0 Å². The monoisotopic (exact) mass is 263 g/mol. The molecule has 1 fully saturated rings. The van der Waals surface area contributed by atoms with Crippen molar-refractivity contribution in [2.75, 3.05) is 18.6 Å². The Balaban J connectivity index is 2.07. The molecular formula is C13H15N2O4+. The molecule has 0 aromatic heterocycles. The maximum Gasteiger partial charge on any atom is 0.361 e. The molecule has 0 radical (unpaired) electrons. The number of nitrogens with two attached hydrogens (primary N) is 1. The average molecular weight is 263 g/mol. The van der Waals surface area contributed by atoms with Gasteiger partial charge in [-0.2, -0.15) is 0 Å². The van der Waals surface area contributed by atoms with Crippen LogP contribution in [-0.4, -0.2) is 37.5 Å². The van der Waals surface area contributed by atoms with Crippen molar-refractivity contribution in [1.82, 2.24) is 0 Å². The Bertz CT molecular complexity index is 501. The van der Waals surface area contributed by atoms with Gasteiger partial charge in [0.15, 0.2) is 12.6 Å². The molecule has 1 unspecified atom stereocenters. The predicted molar refractivity (Wildman–Crippen MR) is 66.1 cm³/mol. The number of quaternary nitrogens is 1. The summed E-state index contributed by atoms with van der Waals surface area (Å²) in [6.45, 7) is 0.0306. The number of para-hydroxylation sites is 1. The predicted octanol–water partition coefficient (Wildman–Crippen LogP) is -0.945. The molecule has 6 heteroatoms. The Morgan fingerprint density at radius 1 is 1.37 bits per heavy atom. The maximum absolute atomic E-state index is 12.1. The van der Waals surface area contributed by atoms with Crippen LogP contribution in [0.25, 0.3) is 0 Å². The zero-order valence-corrected chi connectivity index (χ0v) is 10.5. The van der Waals surface area contributed by atoms with Crippen molar-refractivity contribution in [2.45, 2.75) is 12.5 Å². The van der Waals surface area contributed by atoms with E-state index in [0.29, 0.717) is 5.69 Å². The Morgan fingerprint density at radius 3 is 2.68 bits per heavy atom. The van der Waals surface area contributed by atoms with E-state index in [0.717, 1.165) is 0 Å². The van der Waals surface area contributed by atoms with Crippen LogP contribution in [0, 0.1) is 0 Å². The summed E-state index contributed by atoms with van der Waals surface area (Å²) >= 11 is 0. The van der Waals surface area contributed by atoms with Gasteiger partial charge in [0.1, 0.15) is 0 Å². The highest BCUT2D eigenvalue weighted by molar-refractivity contribution is 6.21. The SMILES string of the molecule is COC(=O)C[NH2+]C1CC(=O)N(c2ccccc2)C1=O. The van der Waals surface area contributed by atoms with E-state index in [1.807, 2.05) is 6.07 Å². The molecule has 1 saturated heterocycles. The average Bonchev–Trinajstić information content (AvgIpc) is 2.71. The molecule has 0 spiro atoms. The van der Waals surface area contributed by atoms with Gasteiger partial charge in [-0.25, -0.2) is 9.69 Å². The number of ether oxygens (including phenoxy) is 1. The number of nitrogens with zero attached hydrogens (tertiary/aromatic N) is 1. The fraction of sp³-hybridized carbons (Fsp3) is 0.308. The molecule has 6 nitrogen and oxygen atoms in total. The Hall–Kier alpha value is -2.21. The van der Waals surface area contributed by atoms with Gasteiger partial charge in [-0.05, 0) is 12.1 Å². The van der Waals surface area contributed by atoms with Crippen molar-refractivity contribution in [2.24, 2.45) is 0 Å². The Kier molecular flexibility index (Phi) is 3.91. The normalized spacial score (nSPS) is 18.8. The molecule has 2 N–H and O–H groups in total. The van der Waals surface area contributed by atoms with Crippen LogP contribution in [0.4, 0.5) is 5.69 Å². The molecule has 0 aliphatic carbocycles. The van der Waals surface area contributed by atoms with Gasteiger partial charge >= 0.3 is 5.97 Å². The summed E-state index contributed by atoms with van der Waals surface area (Å²) in [5.74, 6) is -0.958. The van der Waals surface area contributed by atoms with Gasteiger partial charge in [0.25, 0.3) is 5.91 Å². The molecule has 19 heavy (non-hydrogen) atoms. The van der Waals surface area contributed by atoms with Crippen LogP contribution in [-0.2, 0) is 19.1 Å². The van der Waals surface area contributed by atoms with Gasteiger partial charge in [-0.1, -0.05) is 18.2 Å². The molecule has 2 rings (SSSR count). The summed E-state index contributed by atoms with van der Waals surface area (Å²) in [5.41, 5.74) is 0.562. The van der Waals surface area contributed by atoms with E-state index in [9.17, 15) is 14.4 Å². The van der Waals surface area contributed by atoms with Crippen molar-refractivity contribution in [3.8, 4) is 0 Å². The van der Waals surface area contributed by atoms with Crippen molar-refractivity contribution in [3.05, 3.63) is 30.3 Å². The number of imide groups is 1. The standard InChI is InChI=1S/C13H14N2O4/c1-19-12(17)8-14-10-7-11(16)15(13(10)18)9-5-3-2-4-6-9/h2-6,10,14H,7-8H2,1H3/p+1. The fourth-order valence-electron chi connectivity index (χ4n) is 2.01. The third-order valence-electron chi connectivity index (χ3n) is 2.99. The molecule has 0 saturated carbocycles. The van der Waals surface area contributed by atoms with Crippen LogP contribution in [0.2, 0.25) is 0 Å². The van der Waals surface area contributed by atoms with Crippen molar-refractivity contribution in [3.63, 3.8) is 0 Å². The van der Waals surface area contributed by atoms with Crippen molar-refractivity contribution >= 4 is 23.5 Å². The maximum atomic E-state index is 12.1. The van der Waals surface area contributed by atoms with E-state index < -0.39 is 12.0 Å². The minimum absolute atomic E-state index is 0.0306. The van der Waals surface area contributed by atoms with Crippen LogP contribution < -0.4 is 10.2 Å². The second kappa shape index (κ2) is 5.62. The van der Waals surface area contributed by atoms with E-state index in [1.165, 1.54) is 17.3 Å². The molecular weight excluding hydrogens is 248 g/mol. The lowest BCUT2D eigenvalue weighted by atomic mass is 10.2. The summed E-state index contributed by atoms with van der Waals surface area (Å²) < 4.78 is 4.50. The first-order valence-electron chi connectivity index (χ1n) is 5.95. The van der Waals surface area contributed by atoms with Gasteiger partial charge in [0.2, 0.25) is 5.91 Å². The lowest BCUT2D eigenvalue weighted by Crippen LogP contribution is -2.93. The van der Waals surface area contributed by atoms with E-state index in [4.69, 9.17) is 0 Å². The Morgan fingerprint density at radius 2 is 2.05 bits per heavy atom. The molecule has 1 heterocycles. The van der Waals surface area contributed by atoms with Crippen LogP contribution in [0.5, 0.6) is 0 Å². The molecule has 1 aromatic carbocycles. The topological polar surface area (TPSA) is 80.3 Å². The van der Waals surface area contributed by atoms with Gasteiger partial charge < -0.3 is 10.1 Å². The van der Waals surface area contributed by atoms with Crippen LogP contribution >= 0.6 is 0 Å². The minimum Gasteiger partial charge on any atom is -0.465 e. The first-order chi connectivity index (χ1) is 9.13. The van der Waals surface area contributed by atoms with Gasteiger partial charge in [-0.15, -0.1) is 0 Å². The fourth-order valence-corrected chi connectivity index (χ4v) is 2.01. The minimum atomic E-state index is -0.549. The molecule has 1 aromatic rings. The van der Waals surface area contributed by atoms with E-state index >= 15 is 0 Å². The lowest BCUT2D eigenvalue weighted by Gasteiger charge is -2.13. The molecule has 2 amide bonds. The van der Waals surface area contributed by atoms with E-state index in [1.54, 1.807) is 24.3 Å². The highest BCUT2D eigenvalue weighted by Gasteiger charge is 2.42. The van der Waals surface area contributed by atoms with Crippen LogP contribution in [0.15, 0.2) is 30.3 Å².